The molecule has 3 amide bonds. The molecule has 1 saturated heterocycles. The highest BCUT2D eigenvalue weighted by Gasteiger charge is 2.57. The molecule has 4 atom stereocenters. The summed E-state index contributed by atoms with van der Waals surface area (Å²) in [5.41, 5.74) is 0. The molecule has 1 saturated carbocycles. The number of urea groups is 1. The third-order valence-corrected chi connectivity index (χ3v) is 4.84. The molecule has 2 aliphatic rings. The van der Waals surface area contributed by atoms with Crippen LogP contribution < -0.4 is 5.32 Å². The molecule has 2 rings (SSSR count). The second-order valence-electron chi connectivity index (χ2n) is 7.35. The van der Waals surface area contributed by atoms with E-state index in [1.54, 1.807) is 0 Å². The average molecular weight is 280 g/mol. The van der Waals surface area contributed by atoms with Crippen LogP contribution in [0.15, 0.2) is 0 Å². The number of rotatable bonds is 5. The van der Waals surface area contributed by atoms with Crippen LogP contribution in [0.5, 0.6) is 0 Å². The SMILES string of the molecule is CC(C)CCC1C(C)C2C(=O)NC(=O)N(CC(C)C)C12. The van der Waals surface area contributed by atoms with Crippen molar-refractivity contribution in [1.29, 1.82) is 0 Å². The summed E-state index contributed by atoms with van der Waals surface area (Å²) in [4.78, 5) is 26.1. The van der Waals surface area contributed by atoms with Gasteiger partial charge in [-0.1, -0.05) is 41.0 Å². The zero-order valence-electron chi connectivity index (χ0n) is 13.3. The fraction of sp³-hybridized carbons (Fsp3) is 0.875. The van der Waals surface area contributed by atoms with E-state index >= 15 is 0 Å². The van der Waals surface area contributed by atoms with Gasteiger partial charge in [0.15, 0.2) is 0 Å². The third-order valence-electron chi connectivity index (χ3n) is 4.84. The molecular formula is C16H28N2O2. The highest BCUT2D eigenvalue weighted by molar-refractivity contribution is 5.99. The van der Waals surface area contributed by atoms with E-state index in [2.05, 4.69) is 39.9 Å². The molecule has 0 bridgehead atoms. The molecule has 1 heterocycles. The van der Waals surface area contributed by atoms with E-state index in [0.717, 1.165) is 13.0 Å². The summed E-state index contributed by atoms with van der Waals surface area (Å²) in [6.45, 7) is 11.6. The normalized spacial score (nSPS) is 33.2. The Morgan fingerprint density at radius 3 is 2.35 bits per heavy atom. The molecule has 1 N–H and O–H groups in total. The number of nitrogens with zero attached hydrogens (tertiary/aromatic N) is 1. The molecule has 0 aromatic heterocycles. The molecule has 2 fully saturated rings. The van der Waals surface area contributed by atoms with Crippen LogP contribution >= 0.6 is 0 Å². The van der Waals surface area contributed by atoms with Gasteiger partial charge >= 0.3 is 6.03 Å². The van der Waals surface area contributed by atoms with E-state index in [9.17, 15) is 9.59 Å². The van der Waals surface area contributed by atoms with Crippen LogP contribution in [-0.2, 0) is 4.79 Å². The summed E-state index contributed by atoms with van der Waals surface area (Å²) >= 11 is 0. The molecule has 0 aromatic rings. The third kappa shape index (κ3) is 2.70. The number of hydrogen-bond acceptors (Lipinski definition) is 2. The largest absolute Gasteiger partial charge is 0.324 e. The number of amides is 3. The average Bonchev–Trinajstić information content (AvgIpc) is 2.31. The van der Waals surface area contributed by atoms with Crippen LogP contribution in [0.25, 0.3) is 0 Å². The number of carbonyl (C=O) groups is 2. The second kappa shape index (κ2) is 5.74. The van der Waals surface area contributed by atoms with Crippen molar-refractivity contribution in [2.45, 2.75) is 53.5 Å². The predicted octanol–water partition coefficient (Wildman–Crippen LogP) is 2.88. The summed E-state index contributed by atoms with van der Waals surface area (Å²) in [6, 6.07) is -0.0567. The Bertz CT molecular complexity index is 392. The van der Waals surface area contributed by atoms with Gasteiger partial charge in [-0.05, 0) is 30.1 Å². The van der Waals surface area contributed by atoms with Crippen LogP contribution in [0.1, 0.15) is 47.5 Å². The highest BCUT2D eigenvalue weighted by Crippen LogP contribution is 2.48. The van der Waals surface area contributed by atoms with E-state index in [0.29, 0.717) is 23.7 Å². The van der Waals surface area contributed by atoms with Gasteiger partial charge in [0.2, 0.25) is 5.91 Å². The van der Waals surface area contributed by atoms with Crippen molar-refractivity contribution < 1.29 is 9.59 Å². The van der Waals surface area contributed by atoms with E-state index in [-0.39, 0.29) is 23.9 Å². The van der Waals surface area contributed by atoms with Crippen LogP contribution in [0.4, 0.5) is 4.79 Å². The summed E-state index contributed by atoms with van der Waals surface area (Å²) < 4.78 is 0. The van der Waals surface area contributed by atoms with Gasteiger partial charge < -0.3 is 4.90 Å². The van der Waals surface area contributed by atoms with Gasteiger partial charge in [0.1, 0.15) is 0 Å². The topological polar surface area (TPSA) is 49.4 Å². The van der Waals surface area contributed by atoms with Crippen LogP contribution in [-0.4, -0.2) is 29.4 Å². The molecule has 20 heavy (non-hydrogen) atoms. The lowest BCUT2D eigenvalue weighted by Gasteiger charge is -2.57. The smallest absolute Gasteiger partial charge is 0.320 e. The number of nitrogens with one attached hydrogen (secondary N) is 1. The van der Waals surface area contributed by atoms with Crippen LogP contribution in [0.2, 0.25) is 0 Å². The van der Waals surface area contributed by atoms with Gasteiger partial charge in [0.25, 0.3) is 0 Å². The monoisotopic (exact) mass is 280 g/mol. The summed E-state index contributed by atoms with van der Waals surface area (Å²) in [5, 5.41) is 2.53. The predicted molar refractivity (Wildman–Crippen MR) is 79.1 cm³/mol. The van der Waals surface area contributed by atoms with Crippen LogP contribution in [0, 0.1) is 29.6 Å². The molecule has 0 radical (unpaired) electrons. The Morgan fingerprint density at radius 1 is 1.15 bits per heavy atom. The van der Waals surface area contributed by atoms with Gasteiger partial charge in [-0.3, -0.25) is 10.1 Å². The Kier molecular flexibility index (Phi) is 4.40. The lowest BCUT2D eigenvalue weighted by Crippen LogP contribution is -2.71. The minimum Gasteiger partial charge on any atom is -0.320 e. The number of hydrogen-bond donors (Lipinski definition) is 1. The van der Waals surface area contributed by atoms with Crippen molar-refractivity contribution in [3.8, 4) is 0 Å². The quantitative estimate of drug-likeness (QED) is 0.842. The van der Waals surface area contributed by atoms with E-state index in [4.69, 9.17) is 0 Å². The van der Waals surface area contributed by atoms with Gasteiger partial charge in [-0.2, -0.15) is 0 Å². The van der Waals surface area contributed by atoms with Gasteiger partial charge in [-0.25, -0.2) is 4.79 Å². The number of carbonyl (C=O) groups excluding carboxylic acids is 2. The van der Waals surface area contributed by atoms with E-state index < -0.39 is 0 Å². The van der Waals surface area contributed by atoms with Crippen molar-refractivity contribution in [2.24, 2.45) is 29.6 Å². The highest BCUT2D eigenvalue weighted by atomic mass is 16.2. The molecule has 114 valence electrons. The molecular weight excluding hydrogens is 252 g/mol. The zero-order chi connectivity index (χ0) is 15.0. The first kappa shape index (κ1) is 15.3. The summed E-state index contributed by atoms with van der Waals surface area (Å²) in [6.07, 6.45) is 2.29. The standard InChI is InChI=1S/C16H28N2O2/c1-9(2)6-7-12-11(5)13-14(12)18(8-10(3)4)16(20)17-15(13)19/h9-14H,6-8H2,1-5H3,(H,17,19,20). The first-order chi connectivity index (χ1) is 9.32. The van der Waals surface area contributed by atoms with E-state index in [1.165, 1.54) is 6.42 Å². The molecule has 1 aliphatic heterocycles. The van der Waals surface area contributed by atoms with Crippen molar-refractivity contribution in [3.05, 3.63) is 0 Å². The first-order valence-corrected chi connectivity index (χ1v) is 7.94. The molecule has 0 aromatic carbocycles. The molecule has 4 unspecified atom stereocenters. The molecule has 1 aliphatic carbocycles. The number of imide groups is 1. The first-order valence-electron chi connectivity index (χ1n) is 7.94. The Hall–Kier alpha value is -1.06. The zero-order valence-corrected chi connectivity index (χ0v) is 13.3. The van der Waals surface area contributed by atoms with Crippen LogP contribution in [0.3, 0.4) is 0 Å². The van der Waals surface area contributed by atoms with Crippen molar-refractivity contribution in [1.82, 2.24) is 10.2 Å². The van der Waals surface area contributed by atoms with E-state index in [1.807, 2.05) is 4.90 Å². The fourth-order valence-electron chi connectivity index (χ4n) is 3.78. The summed E-state index contributed by atoms with van der Waals surface area (Å²) in [5.74, 6) is 1.92. The molecule has 0 spiro atoms. The maximum atomic E-state index is 12.1. The Morgan fingerprint density at radius 2 is 1.80 bits per heavy atom. The van der Waals surface area contributed by atoms with Crippen molar-refractivity contribution in [2.75, 3.05) is 6.54 Å². The fourth-order valence-corrected chi connectivity index (χ4v) is 3.78. The van der Waals surface area contributed by atoms with Crippen molar-refractivity contribution >= 4 is 11.9 Å². The van der Waals surface area contributed by atoms with Gasteiger partial charge in [-0.15, -0.1) is 0 Å². The van der Waals surface area contributed by atoms with Gasteiger partial charge in [0, 0.05) is 12.6 Å². The summed E-state index contributed by atoms with van der Waals surface area (Å²) in [7, 11) is 0. The van der Waals surface area contributed by atoms with Gasteiger partial charge in [0.05, 0.1) is 5.92 Å². The lowest BCUT2D eigenvalue weighted by molar-refractivity contribution is -0.146. The molecule has 4 nitrogen and oxygen atoms in total. The minimum absolute atomic E-state index is 0.00334. The second-order valence-corrected chi connectivity index (χ2v) is 7.35. The van der Waals surface area contributed by atoms with Crippen molar-refractivity contribution in [3.63, 3.8) is 0 Å². The number of fused-ring (bicyclic) bond motifs is 1. The Balaban J connectivity index is 2.12. The Labute approximate surface area is 122 Å². The maximum Gasteiger partial charge on any atom is 0.324 e. The minimum atomic E-state index is -0.189. The maximum absolute atomic E-state index is 12.1. The molecule has 4 heteroatoms. The lowest BCUT2D eigenvalue weighted by atomic mass is 9.58.